The highest BCUT2D eigenvalue weighted by Crippen LogP contribution is 2.41. The highest BCUT2D eigenvalue weighted by atomic mass is 79.9. The number of rotatable bonds is 3. The van der Waals surface area contributed by atoms with Crippen molar-refractivity contribution in [2.24, 2.45) is 5.92 Å². The molecular formula is C15H20BrNO. The van der Waals surface area contributed by atoms with Crippen molar-refractivity contribution < 1.29 is 4.79 Å². The monoisotopic (exact) mass is 309 g/mol. The largest absolute Gasteiger partial charge is 0.352 e. The molecule has 1 N–H and O–H groups in total. The molecule has 2 nitrogen and oxygen atoms in total. The molecule has 0 aromatic heterocycles. The molecule has 0 spiro atoms. The molecule has 3 heteroatoms. The molecule has 1 aliphatic heterocycles. The number of hydrogen-bond acceptors (Lipinski definition) is 1. The van der Waals surface area contributed by atoms with Gasteiger partial charge in [0.2, 0.25) is 5.91 Å². The first kappa shape index (κ1) is 13.6. The van der Waals surface area contributed by atoms with E-state index in [4.69, 9.17) is 0 Å². The molecule has 1 saturated heterocycles. The predicted octanol–water partition coefficient (Wildman–Crippen LogP) is 3.64. The molecule has 1 fully saturated rings. The Morgan fingerprint density at radius 1 is 1.44 bits per heavy atom. The molecule has 1 aromatic rings. The van der Waals surface area contributed by atoms with Crippen molar-refractivity contribution in [2.75, 3.05) is 0 Å². The standard InChI is InChI=1S/C15H20BrNO/c1-10(2)8-13-15(3,9-14(18)17-13)11-6-4-5-7-12(11)16/h4-7,10,13H,8-9H2,1-3H3,(H,17,18). The summed E-state index contributed by atoms with van der Waals surface area (Å²) in [6, 6.07) is 8.45. The van der Waals surface area contributed by atoms with Crippen molar-refractivity contribution in [1.82, 2.24) is 5.32 Å². The molecule has 0 radical (unpaired) electrons. The number of halogens is 1. The second-order valence-corrected chi connectivity index (χ2v) is 6.68. The van der Waals surface area contributed by atoms with Crippen LogP contribution in [0.3, 0.4) is 0 Å². The van der Waals surface area contributed by atoms with Gasteiger partial charge < -0.3 is 5.32 Å². The Kier molecular flexibility index (Phi) is 3.81. The first-order valence-corrected chi connectivity index (χ1v) is 7.27. The fraction of sp³-hybridized carbons (Fsp3) is 0.533. The van der Waals surface area contributed by atoms with Gasteiger partial charge in [-0.2, -0.15) is 0 Å². The van der Waals surface area contributed by atoms with E-state index in [1.54, 1.807) is 0 Å². The number of nitrogens with one attached hydrogen (secondary N) is 1. The molecule has 1 aliphatic rings. The van der Waals surface area contributed by atoms with Gasteiger partial charge in [-0.25, -0.2) is 0 Å². The van der Waals surface area contributed by atoms with E-state index in [1.807, 2.05) is 12.1 Å². The Bertz CT molecular complexity index is 458. The molecule has 2 rings (SSSR count). The molecule has 1 aromatic carbocycles. The van der Waals surface area contributed by atoms with Crippen LogP contribution < -0.4 is 5.32 Å². The zero-order valence-electron chi connectivity index (χ0n) is 11.2. The van der Waals surface area contributed by atoms with E-state index in [-0.39, 0.29) is 17.4 Å². The predicted molar refractivity (Wildman–Crippen MR) is 77.5 cm³/mol. The second kappa shape index (κ2) is 5.04. The van der Waals surface area contributed by atoms with Gasteiger partial charge in [-0.15, -0.1) is 0 Å². The molecular weight excluding hydrogens is 290 g/mol. The van der Waals surface area contributed by atoms with Crippen LogP contribution in [0.5, 0.6) is 0 Å². The van der Waals surface area contributed by atoms with Crippen LogP contribution in [0.25, 0.3) is 0 Å². The van der Waals surface area contributed by atoms with Crippen molar-refractivity contribution in [3.05, 3.63) is 34.3 Å². The molecule has 0 aliphatic carbocycles. The number of hydrogen-bond donors (Lipinski definition) is 1. The summed E-state index contributed by atoms with van der Waals surface area (Å²) in [5, 5.41) is 3.14. The third-order valence-corrected chi connectivity index (χ3v) is 4.52. The van der Waals surface area contributed by atoms with Gasteiger partial charge in [0.1, 0.15) is 0 Å². The summed E-state index contributed by atoms with van der Waals surface area (Å²) in [5.74, 6) is 0.745. The summed E-state index contributed by atoms with van der Waals surface area (Å²) in [7, 11) is 0. The minimum Gasteiger partial charge on any atom is -0.352 e. The topological polar surface area (TPSA) is 29.1 Å². The normalized spacial score (nSPS) is 27.6. The molecule has 18 heavy (non-hydrogen) atoms. The first-order valence-electron chi connectivity index (χ1n) is 6.48. The second-order valence-electron chi connectivity index (χ2n) is 5.82. The van der Waals surface area contributed by atoms with Crippen molar-refractivity contribution >= 4 is 21.8 Å². The van der Waals surface area contributed by atoms with E-state index < -0.39 is 0 Å². The van der Waals surface area contributed by atoms with E-state index in [0.717, 1.165) is 10.9 Å². The van der Waals surface area contributed by atoms with Crippen LogP contribution in [0.15, 0.2) is 28.7 Å². The molecule has 1 heterocycles. The van der Waals surface area contributed by atoms with Gasteiger partial charge in [0, 0.05) is 22.4 Å². The SMILES string of the molecule is CC(C)CC1NC(=O)CC1(C)c1ccccc1Br. The van der Waals surface area contributed by atoms with Crippen molar-refractivity contribution in [3.63, 3.8) is 0 Å². The summed E-state index contributed by atoms with van der Waals surface area (Å²) in [6.07, 6.45) is 1.59. The third kappa shape index (κ3) is 2.46. The summed E-state index contributed by atoms with van der Waals surface area (Å²) in [6.45, 7) is 6.59. The van der Waals surface area contributed by atoms with Gasteiger partial charge in [-0.05, 0) is 24.0 Å². The van der Waals surface area contributed by atoms with E-state index in [0.29, 0.717) is 12.3 Å². The lowest BCUT2D eigenvalue weighted by Gasteiger charge is -2.32. The van der Waals surface area contributed by atoms with E-state index in [2.05, 4.69) is 54.2 Å². The lowest BCUT2D eigenvalue weighted by atomic mass is 9.73. The van der Waals surface area contributed by atoms with Crippen LogP contribution in [0.1, 0.15) is 39.2 Å². The summed E-state index contributed by atoms with van der Waals surface area (Å²) < 4.78 is 1.10. The number of benzene rings is 1. The van der Waals surface area contributed by atoms with Crippen LogP contribution in [0, 0.1) is 5.92 Å². The minimum atomic E-state index is -0.110. The smallest absolute Gasteiger partial charge is 0.221 e. The molecule has 98 valence electrons. The van der Waals surface area contributed by atoms with E-state index in [9.17, 15) is 4.79 Å². The van der Waals surface area contributed by atoms with Gasteiger partial charge in [-0.1, -0.05) is 54.9 Å². The highest BCUT2D eigenvalue weighted by molar-refractivity contribution is 9.10. The fourth-order valence-corrected chi connectivity index (χ4v) is 3.60. The van der Waals surface area contributed by atoms with Crippen LogP contribution in [0.4, 0.5) is 0 Å². The minimum absolute atomic E-state index is 0.110. The van der Waals surface area contributed by atoms with Crippen LogP contribution in [-0.2, 0) is 10.2 Å². The van der Waals surface area contributed by atoms with Crippen molar-refractivity contribution in [3.8, 4) is 0 Å². The van der Waals surface area contributed by atoms with Crippen molar-refractivity contribution in [1.29, 1.82) is 0 Å². The van der Waals surface area contributed by atoms with Crippen LogP contribution in [0.2, 0.25) is 0 Å². The number of amides is 1. The maximum atomic E-state index is 11.8. The Labute approximate surface area is 117 Å². The number of carbonyl (C=O) groups is 1. The molecule has 2 atom stereocenters. The Hall–Kier alpha value is -0.830. The first-order chi connectivity index (χ1) is 8.43. The van der Waals surface area contributed by atoms with Crippen molar-refractivity contribution in [2.45, 2.75) is 45.1 Å². The van der Waals surface area contributed by atoms with Gasteiger partial charge >= 0.3 is 0 Å². The average Bonchev–Trinajstić information content (AvgIpc) is 2.54. The Balaban J connectivity index is 2.38. The molecule has 0 bridgehead atoms. The van der Waals surface area contributed by atoms with E-state index >= 15 is 0 Å². The average molecular weight is 310 g/mol. The summed E-state index contributed by atoms with van der Waals surface area (Å²) in [5.41, 5.74) is 1.12. The quantitative estimate of drug-likeness (QED) is 0.907. The highest BCUT2D eigenvalue weighted by Gasteiger charge is 2.45. The van der Waals surface area contributed by atoms with Gasteiger partial charge in [0.05, 0.1) is 0 Å². The lowest BCUT2D eigenvalue weighted by molar-refractivity contribution is -0.119. The summed E-state index contributed by atoms with van der Waals surface area (Å²) in [4.78, 5) is 11.8. The maximum Gasteiger partial charge on any atom is 0.221 e. The zero-order valence-corrected chi connectivity index (χ0v) is 12.8. The molecule has 0 saturated carbocycles. The molecule has 2 unspecified atom stereocenters. The Morgan fingerprint density at radius 3 is 2.72 bits per heavy atom. The van der Waals surface area contributed by atoms with E-state index in [1.165, 1.54) is 5.56 Å². The third-order valence-electron chi connectivity index (χ3n) is 3.83. The molecule has 1 amide bonds. The summed E-state index contributed by atoms with van der Waals surface area (Å²) >= 11 is 3.62. The van der Waals surface area contributed by atoms with Gasteiger partial charge in [0.15, 0.2) is 0 Å². The zero-order chi connectivity index (χ0) is 13.3. The lowest BCUT2D eigenvalue weighted by Crippen LogP contribution is -2.39. The van der Waals surface area contributed by atoms with Crippen LogP contribution >= 0.6 is 15.9 Å². The fourth-order valence-electron chi connectivity index (χ4n) is 2.86. The van der Waals surface area contributed by atoms with Gasteiger partial charge in [-0.3, -0.25) is 4.79 Å². The van der Waals surface area contributed by atoms with Gasteiger partial charge in [0.25, 0.3) is 0 Å². The maximum absolute atomic E-state index is 11.8. The van der Waals surface area contributed by atoms with Crippen LogP contribution in [-0.4, -0.2) is 11.9 Å². The Morgan fingerprint density at radius 2 is 2.11 bits per heavy atom. The number of carbonyl (C=O) groups excluding carboxylic acids is 1.